The van der Waals surface area contributed by atoms with Crippen LogP contribution in [0.2, 0.25) is 19.6 Å². The van der Waals surface area contributed by atoms with E-state index >= 15 is 0 Å². The Bertz CT molecular complexity index is 260. The smallest absolute Gasteiger partial charge is 0.348 e. The lowest BCUT2D eigenvalue weighted by atomic mass is 10.3. The van der Waals surface area contributed by atoms with Crippen LogP contribution in [0.4, 0.5) is 0 Å². The second-order valence-electron chi connectivity index (χ2n) is 4.00. The molecule has 0 aromatic heterocycles. The Balaban J connectivity index is 4.25. The van der Waals surface area contributed by atoms with Gasteiger partial charge in [0.25, 0.3) is 0 Å². The van der Waals surface area contributed by atoms with Gasteiger partial charge in [-0.2, -0.15) is 5.26 Å². The quantitative estimate of drug-likeness (QED) is 0.300. The normalized spacial score (nSPS) is 12.8. The summed E-state index contributed by atoms with van der Waals surface area (Å²) < 4.78 is 5.07. The first kappa shape index (κ1) is 11.9. The van der Waals surface area contributed by atoms with Gasteiger partial charge in [-0.1, -0.05) is 26.2 Å². The Kier molecular flexibility index (Phi) is 3.88. The van der Waals surface area contributed by atoms with Gasteiger partial charge >= 0.3 is 5.97 Å². The van der Waals surface area contributed by atoms with Crippen molar-refractivity contribution in [3.8, 4) is 6.07 Å². The fourth-order valence-corrected chi connectivity index (χ4v) is 0.915. The molecular formula is C9H15NO2Si. The van der Waals surface area contributed by atoms with Gasteiger partial charge < -0.3 is 4.74 Å². The van der Waals surface area contributed by atoms with E-state index < -0.39 is 14.0 Å². The summed E-state index contributed by atoms with van der Waals surface area (Å²) in [7, 11) is -1.48. The molecule has 0 aromatic rings. The summed E-state index contributed by atoms with van der Waals surface area (Å²) in [4.78, 5) is 11.1. The highest BCUT2D eigenvalue weighted by Crippen LogP contribution is 2.12. The molecule has 0 saturated carbocycles. The van der Waals surface area contributed by atoms with Crippen LogP contribution in [0.25, 0.3) is 0 Å². The number of hydrogen-bond donors (Lipinski definition) is 0. The summed E-state index contributed by atoms with van der Waals surface area (Å²) in [5.74, 6) is -0.600. The number of carbonyl (C=O) groups is 1. The Labute approximate surface area is 80.0 Å². The molecule has 0 aliphatic heterocycles. The number of nitrogens with zero attached hydrogens (tertiary/aromatic N) is 1. The summed E-state index contributed by atoms with van der Waals surface area (Å²) in [6, 6.07) is 1.67. The zero-order valence-electron chi connectivity index (χ0n) is 8.55. The summed E-state index contributed by atoms with van der Waals surface area (Å²) >= 11 is 0. The van der Waals surface area contributed by atoms with E-state index in [0.717, 1.165) is 0 Å². The van der Waals surface area contributed by atoms with Crippen molar-refractivity contribution in [2.24, 2.45) is 0 Å². The molecule has 0 N–H and O–H groups in total. The van der Waals surface area contributed by atoms with Crippen molar-refractivity contribution in [2.45, 2.75) is 32.3 Å². The Morgan fingerprint density at radius 3 is 2.31 bits per heavy atom. The maximum absolute atomic E-state index is 11.1. The van der Waals surface area contributed by atoms with Crippen LogP contribution in [-0.2, 0) is 9.53 Å². The van der Waals surface area contributed by atoms with Crippen molar-refractivity contribution in [1.82, 2.24) is 0 Å². The largest absolute Gasteiger partial charge is 0.462 e. The van der Waals surface area contributed by atoms with Crippen LogP contribution in [0, 0.1) is 11.3 Å². The fraction of sp³-hybridized carbons (Fsp3) is 0.556. The molecule has 0 heterocycles. The van der Waals surface area contributed by atoms with Crippen LogP contribution >= 0.6 is 0 Å². The molecule has 13 heavy (non-hydrogen) atoms. The lowest BCUT2D eigenvalue weighted by Crippen LogP contribution is -2.39. The molecule has 0 fully saturated rings. The molecule has 0 bridgehead atoms. The van der Waals surface area contributed by atoms with Crippen molar-refractivity contribution >= 4 is 14.0 Å². The zero-order valence-corrected chi connectivity index (χ0v) is 9.55. The summed E-state index contributed by atoms with van der Waals surface area (Å²) in [6.45, 7) is 11.4. The average Bonchev–Trinajstić information content (AvgIpc) is 2.01. The molecule has 72 valence electrons. The van der Waals surface area contributed by atoms with Crippen LogP contribution in [0.3, 0.4) is 0 Å². The molecular weight excluding hydrogens is 182 g/mol. The number of carbonyl (C=O) groups excluding carboxylic acids is 1. The molecule has 0 aromatic carbocycles. The van der Waals surface area contributed by atoms with Gasteiger partial charge in [0.2, 0.25) is 0 Å². The van der Waals surface area contributed by atoms with Gasteiger partial charge in [0, 0.05) is 0 Å². The third-order valence-electron chi connectivity index (χ3n) is 1.88. The van der Waals surface area contributed by atoms with Gasteiger partial charge in [0.1, 0.15) is 11.6 Å². The van der Waals surface area contributed by atoms with E-state index in [1.165, 1.54) is 0 Å². The monoisotopic (exact) mass is 197 g/mol. The third-order valence-corrected chi connectivity index (χ3v) is 4.44. The minimum absolute atomic E-state index is 0.0925. The van der Waals surface area contributed by atoms with Crippen molar-refractivity contribution in [3.05, 3.63) is 12.2 Å². The molecule has 1 atom stereocenters. The van der Waals surface area contributed by atoms with Gasteiger partial charge in [-0.15, -0.1) is 0 Å². The first-order chi connectivity index (χ1) is 5.79. The van der Waals surface area contributed by atoms with Crippen LogP contribution in [0.15, 0.2) is 12.2 Å². The second kappa shape index (κ2) is 4.24. The Hall–Kier alpha value is -1.08. The van der Waals surface area contributed by atoms with Gasteiger partial charge in [0.15, 0.2) is 0 Å². The number of esters is 1. The molecule has 1 unspecified atom stereocenters. The average molecular weight is 197 g/mol. The maximum atomic E-state index is 11.1. The molecule has 0 radical (unpaired) electrons. The highest BCUT2D eigenvalue weighted by Gasteiger charge is 2.26. The van der Waals surface area contributed by atoms with Gasteiger partial charge in [-0.05, 0) is 6.92 Å². The van der Waals surface area contributed by atoms with Gasteiger partial charge in [-0.3, -0.25) is 0 Å². The van der Waals surface area contributed by atoms with Gasteiger partial charge in [-0.25, -0.2) is 4.79 Å². The van der Waals surface area contributed by atoms with E-state index in [1.807, 2.05) is 6.92 Å². The van der Waals surface area contributed by atoms with E-state index in [-0.39, 0.29) is 11.3 Å². The molecule has 0 aliphatic rings. The second-order valence-corrected chi connectivity index (χ2v) is 9.55. The summed E-state index contributed by atoms with van der Waals surface area (Å²) in [5.41, 5.74) is -0.227. The summed E-state index contributed by atoms with van der Waals surface area (Å²) in [6.07, 6.45) is 0. The molecule has 3 nitrogen and oxygen atoms in total. The fourth-order valence-electron chi connectivity index (χ4n) is 0.454. The number of nitriles is 1. The lowest BCUT2D eigenvalue weighted by Gasteiger charge is -2.24. The van der Waals surface area contributed by atoms with E-state index in [0.29, 0.717) is 0 Å². The minimum atomic E-state index is -1.48. The van der Waals surface area contributed by atoms with E-state index in [2.05, 4.69) is 26.2 Å². The predicted molar refractivity (Wildman–Crippen MR) is 53.7 cm³/mol. The number of ether oxygens (including phenoxy) is 1. The number of hydrogen-bond acceptors (Lipinski definition) is 3. The molecule has 0 aliphatic carbocycles. The standard InChI is InChI=1S/C9H15NO2Si/c1-7(6-10)9(11)12-8(2)13(3,4)5/h8H,1H2,2-5H3. The predicted octanol–water partition coefficient (Wildman–Crippen LogP) is 1.88. The highest BCUT2D eigenvalue weighted by molar-refractivity contribution is 6.77. The molecule has 0 rings (SSSR count). The highest BCUT2D eigenvalue weighted by atomic mass is 28.3. The maximum Gasteiger partial charge on any atom is 0.348 e. The van der Waals surface area contributed by atoms with Crippen molar-refractivity contribution < 1.29 is 9.53 Å². The van der Waals surface area contributed by atoms with E-state index in [1.54, 1.807) is 6.07 Å². The topological polar surface area (TPSA) is 50.1 Å². The van der Waals surface area contributed by atoms with Crippen LogP contribution in [-0.4, -0.2) is 19.8 Å². The van der Waals surface area contributed by atoms with E-state index in [4.69, 9.17) is 10.00 Å². The van der Waals surface area contributed by atoms with Crippen molar-refractivity contribution in [2.75, 3.05) is 0 Å². The molecule has 4 heteroatoms. The first-order valence-electron chi connectivity index (χ1n) is 4.09. The SMILES string of the molecule is C=C(C#N)C(=O)OC(C)[Si](C)(C)C. The van der Waals surface area contributed by atoms with E-state index in [9.17, 15) is 4.79 Å². The minimum Gasteiger partial charge on any atom is -0.462 e. The first-order valence-corrected chi connectivity index (χ1v) is 7.66. The lowest BCUT2D eigenvalue weighted by molar-refractivity contribution is -0.140. The molecule has 0 amide bonds. The summed E-state index contributed by atoms with van der Waals surface area (Å²) in [5, 5.41) is 8.38. The number of rotatable bonds is 3. The third kappa shape index (κ3) is 3.90. The van der Waals surface area contributed by atoms with Crippen molar-refractivity contribution in [3.63, 3.8) is 0 Å². The Morgan fingerprint density at radius 1 is 1.54 bits per heavy atom. The molecule has 0 spiro atoms. The van der Waals surface area contributed by atoms with Crippen LogP contribution < -0.4 is 0 Å². The molecule has 0 saturated heterocycles. The van der Waals surface area contributed by atoms with Crippen LogP contribution in [0.1, 0.15) is 6.92 Å². The van der Waals surface area contributed by atoms with Gasteiger partial charge in [0.05, 0.1) is 13.8 Å². The van der Waals surface area contributed by atoms with Crippen LogP contribution in [0.5, 0.6) is 0 Å². The zero-order chi connectivity index (χ0) is 10.6. The van der Waals surface area contributed by atoms with Crippen molar-refractivity contribution in [1.29, 1.82) is 5.26 Å². The Morgan fingerprint density at radius 2 is 2.00 bits per heavy atom.